The van der Waals surface area contributed by atoms with E-state index in [0.29, 0.717) is 22.6 Å². The van der Waals surface area contributed by atoms with Gasteiger partial charge in [0, 0.05) is 22.9 Å². The summed E-state index contributed by atoms with van der Waals surface area (Å²) in [6, 6.07) is 13.1. The van der Waals surface area contributed by atoms with Crippen LogP contribution in [0.2, 0.25) is 5.02 Å². The molecule has 0 amide bonds. The highest BCUT2D eigenvalue weighted by molar-refractivity contribution is 6.35. The lowest BCUT2D eigenvalue weighted by molar-refractivity contribution is 0.103. The van der Waals surface area contributed by atoms with Crippen LogP contribution in [0.5, 0.6) is 0 Å². The summed E-state index contributed by atoms with van der Waals surface area (Å²) >= 11 is 6.37. The van der Waals surface area contributed by atoms with Crippen LogP contribution < -0.4 is 5.32 Å². The highest BCUT2D eigenvalue weighted by Crippen LogP contribution is 2.28. The molecule has 0 aliphatic heterocycles. The first-order valence-corrected chi connectivity index (χ1v) is 10.9. The van der Waals surface area contributed by atoms with E-state index in [2.05, 4.69) is 15.6 Å². The fraction of sp³-hybridized carbons (Fsp3) is 0.160. The molecule has 0 saturated heterocycles. The van der Waals surface area contributed by atoms with Crippen LogP contribution in [0, 0.1) is 18.6 Å². The van der Waals surface area contributed by atoms with Gasteiger partial charge in [0.1, 0.15) is 17.3 Å². The number of hydrogen-bond acceptors (Lipinski definition) is 5. The molecule has 0 aliphatic carbocycles. The zero-order chi connectivity index (χ0) is 24.8. The van der Waals surface area contributed by atoms with Crippen molar-refractivity contribution >= 4 is 28.8 Å². The van der Waals surface area contributed by atoms with Crippen molar-refractivity contribution in [2.45, 2.75) is 27.4 Å². The number of aromatic nitrogens is 3. The Labute approximate surface area is 200 Å². The normalized spacial score (nSPS) is 10.4. The van der Waals surface area contributed by atoms with Gasteiger partial charge in [-0.25, -0.2) is 13.5 Å². The van der Waals surface area contributed by atoms with Crippen molar-refractivity contribution in [2.75, 3.05) is 5.32 Å². The molecular weight excluding hydrogens is 462 g/mol. The van der Waals surface area contributed by atoms with Crippen LogP contribution in [0.4, 0.5) is 20.2 Å². The molecule has 34 heavy (non-hydrogen) atoms. The average molecular weight is 485 g/mol. The van der Waals surface area contributed by atoms with Crippen LogP contribution in [0.1, 0.15) is 41.0 Å². The van der Waals surface area contributed by atoms with Crippen molar-refractivity contribution in [2.24, 2.45) is 0 Å². The molecule has 9 heteroatoms. The van der Waals surface area contributed by atoms with E-state index in [4.69, 9.17) is 11.6 Å². The van der Waals surface area contributed by atoms with Gasteiger partial charge in [0.2, 0.25) is 0 Å². The topological polar surface area (TPSA) is 80.0 Å². The van der Waals surface area contributed by atoms with E-state index in [9.17, 15) is 18.7 Å². The predicted octanol–water partition coefficient (Wildman–Crippen LogP) is 6.00. The molecular formula is C25H23ClF2N4O2. The van der Waals surface area contributed by atoms with Crippen LogP contribution >= 0.6 is 11.6 Å². The molecule has 0 fully saturated rings. The van der Waals surface area contributed by atoms with Gasteiger partial charge < -0.3 is 10.4 Å². The van der Waals surface area contributed by atoms with Gasteiger partial charge in [-0.1, -0.05) is 36.7 Å². The quantitative estimate of drug-likeness (QED) is 0.328. The summed E-state index contributed by atoms with van der Waals surface area (Å²) in [7, 11) is 0. The molecule has 4 rings (SSSR count). The van der Waals surface area contributed by atoms with Crippen LogP contribution in [0.25, 0.3) is 5.69 Å². The Morgan fingerprint density at radius 2 is 1.82 bits per heavy atom. The lowest BCUT2D eigenvalue weighted by atomic mass is 9.98. The minimum atomic E-state index is -0.744. The van der Waals surface area contributed by atoms with Crippen LogP contribution in [0.3, 0.4) is 0 Å². The molecule has 0 saturated carbocycles. The van der Waals surface area contributed by atoms with Crippen molar-refractivity contribution in [1.82, 2.24) is 15.0 Å². The maximum atomic E-state index is 13.9. The van der Waals surface area contributed by atoms with E-state index >= 15 is 0 Å². The first-order valence-electron chi connectivity index (χ1n) is 10.5. The highest BCUT2D eigenvalue weighted by atomic mass is 35.5. The molecule has 4 aromatic rings. The summed E-state index contributed by atoms with van der Waals surface area (Å²) in [5.74, 6) is -1.72. The van der Waals surface area contributed by atoms with Gasteiger partial charge in [0.05, 0.1) is 29.2 Å². The zero-order valence-electron chi connectivity index (χ0n) is 18.8. The third-order valence-electron chi connectivity index (χ3n) is 4.86. The standard InChI is InChI=1S/C23H17ClF2N4O2.C2H6/c1-13-2-5-17(30-11-16(12-31)28-29-30)10-19(13)23(32)18-6-4-15(9-20(18)24)27-22-7-3-14(25)8-21(22)26;1-2/h2-11,27,31H,12H2,1H3;1-2H3. The Balaban J connectivity index is 0.00000158. The first kappa shape index (κ1) is 25.0. The Bertz CT molecular complexity index is 1320. The third kappa shape index (κ3) is 5.47. The fourth-order valence-electron chi connectivity index (χ4n) is 3.16. The molecule has 176 valence electrons. The largest absolute Gasteiger partial charge is 0.390 e. The molecule has 0 unspecified atom stereocenters. The van der Waals surface area contributed by atoms with E-state index in [1.807, 2.05) is 13.8 Å². The molecule has 0 aliphatic rings. The van der Waals surface area contributed by atoms with Gasteiger partial charge in [-0.3, -0.25) is 4.79 Å². The number of carbonyl (C=O) groups excluding carboxylic acids is 1. The lowest BCUT2D eigenvalue weighted by Crippen LogP contribution is -2.07. The Morgan fingerprint density at radius 1 is 1.06 bits per heavy atom. The van der Waals surface area contributed by atoms with E-state index in [0.717, 1.165) is 17.7 Å². The maximum absolute atomic E-state index is 13.9. The first-order chi connectivity index (χ1) is 16.4. The smallest absolute Gasteiger partial charge is 0.194 e. The number of rotatable bonds is 6. The Morgan fingerprint density at radius 3 is 2.47 bits per heavy atom. The molecule has 0 bridgehead atoms. The van der Waals surface area contributed by atoms with Crippen LogP contribution in [-0.4, -0.2) is 25.9 Å². The van der Waals surface area contributed by atoms with Crippen molar-refractivity contribution in [1.29, 1.82) is 0 Å². The second-order valence-corrected chi connectivity index (χ2v) is 7.49. The van der Waals surface area contributed by atoms with Gasteiger partial charge in [0.25, 0.3) is 0 Å². The summed E-state index contributed by atoms with van der Waals surface area (Å²) < 4.78 is 28.5. The average Bonchev–Trinajstić information content (AvgIpc) is 3.32. The minimum Gasteiger partial charge on any atom is -0.390 e. The zero-order valence-corrected chi connectivity index (χ0v) is 19.6. The summed E-state index contributed by atoms with van der Waals surface area (Å²) in [4.78, 5) is 13.2. The molecule has 0 radical (unpaired) electrons. The highest BCUT2D eigenvalue weighted by Gasteiger charge is 2.17. The summed E-state index contributed by atoms with van der Waals surface area (Å²) in [6.45, 7) is 5.56. The summed E-state index contributed by atoms with van der Waals surface area (Å²) in [5.41, 5.74) is 2.98. The number of hydrogen-bond donors (Lipinski definition) is 2. The van der Waals surface area contributed by atoms with Gasteiger partial charge in [-0.15, -0.1) is 5.10 Å². The summed E-state index contributed by atoms with van der Waals surface area (Å²) in [6.07, 6.45) is 1.57. The number of halogens is 3. The van der Waals surface area contributed by atoms with Crippen molar-refractivity contribution < 1.29 is 18.7 Å². The van der Waals surface area contributed by atoms with E-state index in [1.165, 1.54) is 16.8 Å². The van der Waals surface area contributed by atoms with Crippen LogP contribution in [-0.2, 0) is 6.61 Å². The maximum Gasteiger partial charge on any atom is 0.194 e. The molecule has 0 atom stereocenters. The van der Waals surface area contributed by atoms with Gasteiger partial charge in [0.15, 0.2) is 5.78 Å². The van der Waals surface area contributed by atoms with E-state index < -0.39 is 11.6 Å². The van der Waals surface area contributed by atoms with E-state index in [-0.39, 0.29) is 28.7 Å². The van der Waals surface area contributed by atoms with Crippen LogP contribution in [0.15, 0.2) is 60.8 Å². The molecule has 1 heterocycles. The fourth-order valence-corrected chi connectivity index (χ4v) is 3.43. The number of aryl methyl sites for hydroxylation is 1. The lowest BCUT2D eigenvalue weighted by Gasteiger charge is -2.12. The number of anilines is 2. The van der Waals surface area contributed by atoms with Crippen molar-refractivity contribution in [3.63, 3.8) is 0 Å². The third-order valence-corrected chi connectivity index (χ3v) is 5.17. The number of aliphatic hydroxyl groups is 1. The number of carbonyl (C=O) groups is 1. The number of aliphatic hydroxyl groups excluding tert-OH is 1. The Hall–Kier alpha value is -3.62. The van der Waals surface area contributed by atoms with Gasteiger partial charge in [-0.05, 0) is 55.0 Å². The monoisotopic (exact) mass is 484 g/mol. The second kappa shape index (κ2) is 11.0. The van der Waals surface area contributed by atoms with Gasteiger partial charge >= 0.3 is 0 Å². The predicted molar refractivity (Wildman–Crippen MR) is 128 cm³/mol. The van der Waals surface area contributed by atoms with Crippen molar-refractivity contribution in [3.05, 3.63) is 99.8 Å². The molecule has 1 aromatic heterocycles. The van der Waals surface area contributed by atoms with Gasteiger partial charge in [-0.2, -0.15) is 0 Å². The Kier molecular flexibility index (Phi) is 8.09. The molecule has 2 N–H and O–H groups in total. The number of benzene rings is 3. The number of ketones is 1. The number of nitrogens with zero attached hydrogens (tertiary/aromatic N) is 3. The molecule has 0 spiro atoms. The minimum absolute atomic E-state index is 0.0835. The molecule has 6 nitrogen and oxygen atoms in total. The number of nitrogens with one attached hydrogen (secondary N) is 1. The summed E-state index contributed by atoms with van der Waals surface area (Å²) in [5, 5.41) is 20.0. The molecule has 3 aromatic carbocycles. The SMILES string of the molecule is CC.Cc1ccc(-n2cc(CO)nn2)cc1C(=O)c1ccc(Nc2ccc(F)cc2F)cc1Cl. The van der Waals surface area contributed by atoms with E-state index in [1.54, 1.807) is 43.5 Å². The second-order valence-electron chi connectivity index (χ2n) is 7.08. The van der Waals surface area contributed by atoms with Crippen molar-refractivity contribution in [3.8, 4) is 5.69 Å².